The molecular weight excluding hydrogens is 266 g/mol. The topological polar surface area (TPSA) is 44.4 Å². The molecule has 0 saturated heterocycles. The molecule has 0 saturated carbocycles. The van der Waals surface area contributed by atoms with Gasteiger partial charge in [-0.15, -0.1) is 0 Å². The van der Waals surface area contributed by atoms with Crippen LogP contribution in [-0.4, -0.2) is 17.6 Å². The van der Waals surface area contributed by atoms with E-state index in [2.05, 4.69) is 0 Å². The summed E-state index contributed by atoms with van der Waals surface area (Å²) in [5, 5.41) is 0. The summed E-state index contributed by atoms with van der Waals surface area (Å²) in [7, 11) is 3.35. The Morgan fingerprint density at radius 2 is 1.90 bits per heavy atom. The van der Waals surface area contributed by atoms with Crippen LogP contribution in [-0.2, 0) is 11.8 Å². The Kier molecular flexibility index (Phi) is 3.36. The molecule has 4 heteroatoms. The molecule has 106 valence electrons. The van der Waals surface area contributed by atoms with Crippen LogP contribution in [0, 0.1) is 0 Å². The molecule has 0 fully saturated rings. The second-order valence-electron chi connectivity index (χ2n) is 4.74. The van der Waals surface area contributed by atoms with E-state index in [1.54, 1.807) is 18.4 Å². The van der Waals surface area contributed by atoms with E-state index in [9.17, 15) is 4.79 Å². The van der Waals surface area contributed by atoms with Crippen LogP contribution in [0.5, 0.6) is 0 Å². The smallest absolute Gasteiger partial charge is 0.337 e. The van der Waals surface area contributed by atoms with Gasteiger partial charge in [-0.3, -0.25) is 0 Å². The van der Waals surface area contributed by atoms with Crippen LogP contribution in [0.25, 0.3) is 22.6 Å². The van der Waals surface area contributed by atoms with Crippen LogP contribution in [0.4, 0.5) is 0 Å². The van der Waals surface area contributed by atoms with E-state index in [1.807, 2.05) is 48.1 Å². The Balaban J connectivity index is 2.04. The molecule has 0 bridgehead atoms. The third kappa shape index (κ3) is 2.36. The summed E-state index contributed by atoms with van der Waals surface area (Å²) >= 11 is 0. The molecule has 0 aliphatic rings. The molecule has 2 aromatic heterocycles. The Hall–Kier alpha value is -2.75. The minimum absolute atomic E-state index is 0.333. The SMILES string of the molecule is COC(=O)c1ccc(-c2ccn(C)c2-c2ccco2)cc1. The molecule has 21 heavy (non-hydrogen) atoms. The van der Waals surface area contributed by atoms with Crippen LogP contribution >= 0.6 is 0 Å². The number of carbonyl (C=O) groups excluding carboxylic acids is 1. The van der Waals surface area contributed by atoms with Crippen LogP contribution < -0.4 is 0 Å². The Labute approximate surface area is 122 Å². The number of hydrogen-bond acceptors (Lipinski definition) is 3. The molecule has 4 nitrogen and oxygen atoms in total. The number of aryl methyl sites for hydroxylation is 1. The molecule has 1 aromatic carbocycles. The lowest BCUT2D eigenvalue weighted by Gasteiger charge is -2.06. The van der Waals surface area contributed by atoms with E-state index in [0.717, 1.165) is 22.6 Å². The highest BCUT2D eigenvalue weighted by Gasteiger charge is 2.14. The van der Waals surface area contributed by atoms with Crippen molar-refractivity contribution in [2.24, 2.45) is 7.05 Å². The van der Waals surface area contributed by atoms with Gasteiger partial charge in [-0.1, -0.05) is 12.1 Å². The molecule has 0 radical (unpaired) electrons. The number of ether oxygens (including phenoxy) is 1. The lowest BCUT2D eigenvalue weighted by atomic mass is 10.0. The van der Waals surface area contributed by atoms with Gasteiger partial charge in [0.1, 0.15) is 0 Å². The molecule has 3 rings (SSSR count). The van der Waals surface area contributed by atoms with E-state index in [0.29, 0.717) is 5.56 Å². The predicted molar refractivity (Wildman–Crippen MR) is 79.9 cm³/mol. The third-order valence-electron chi connectivity index (χ3n) is 3.44. The number of carbonyl (C=O) groups is 1. The number of esters is 1. The van der Waals surface area contributed by atoms with Crippen LogP contribution in [0.3, 0.4) is 0 Å². The summed E-state index contributed by atoms with van der Waals surface area (Å²) in [5.74, 6) is 0.482. The maximum Gasteiger partial charge on any atom is 0.337 e. The highest BCUT2D eigenvalue weighted by atomic mass is 16.5. The number of nitrogens with zero attached hydrogens (tertiary/aromatic N) is 1. The van der Waals surface area contributed by atoms with E-state index in [-0.39, 0.29) is 5.97 Å². The monoisotopic (exact) mass is 281 g/mol. The van der Waals surface area contributed by atoms with Crippen LogP contribution in [0.15, 0.2) is 59.3 Å². The fraction of sp³-hybridized carbons (Fsp3) is 0.118. The first-order chi connectivity index (χ1) is 10.2. The zero-order valence-corrected chi connectivity index (χ0v) is 11.9. The Bertz CT molecular complexity index is 752. The summed E-state index contributed by atoms with van der Waals surface area (Å²) in [6.07, 6.45) is 3.65. The zero-order valence-electron chi connectivity index (χ0n) is 11.9. The Morgan fingerprint density at radius 1 is 1.14 bits per heavy atom. The summed E-state index contributed by atoms with van der Waals surface area (Å²) in [6, 6.07) is 13.2. The average molecular weight is 281 g/mol. The maximum atomic E-state index is 11.5. The van der Waals surface area contributed by atoms with Gasteiger partial charge in [0, 0.05) is 18.8 Å². The van der Waals surface area contributed by atoms with Crippen molar-refractivity contribution in [3.8, 4) is 22.6 Å². The fourth-order valence-electron chi connectivity index (χ4n) is 2.39. The van der Waals surface area contributed by atoms with Crippen molar-refractivity contribution >= 4 is 5.97 Å². The van der Waals surface area contributed by atoms with Gasteiger partial charge in [-0.25, -0.2) is 4.79 Å². The van der Waals surface area contributed by atoms with Crippen LogP contribution in [0.2, 0.25) is 0 Å². The summed E-state index contributed by atoms with van der Waals surface area (Å²) in [4.78, 5) is 11.5. The Morgan fingerprint density at radius 3 is 2.52 bits per heavy atom. The zero-order chi connectivity index (χ0) is 14.8. The molecule has 0 aliphatic heterocycles. The fourth-order valence-corrected chi connectivity index (χ4v) is 2.39. The number of aromatic nitrogens is 1. The van der Waals surface area contributed by atoms with Gasteiger partial charge in [-0.05, 0) is 35.9 Å². The first-order valence-corrected chi connectivity index (χ1v) is 6.58. The molecule has 0 atom stereocenters. The molecule has 0 aliphatic carbocycles. The van der Waals surface area contributed by atoms with Crippen molar-refractivity contribution in [2.75, 3.05) is 7.11 Å². The van der Waals surface area contributed by atoms with Gasteiger partial charge in [0.25, 0.3) is 0 Å². The largest absolute Gasteiger partial charge is 0.465 e. The predicted octanol–water partition coefficient (Wildman–Crippen LogP) is 3.74. The number of hydrogen-bond donors (Lipinski definition) is 0. The second kappa shape index (κ2) is 5.32. The van der Waals surface area contributed by atoms with Crippen molar-refractivity contribution in [1.82, 2.24) is 4.57 Å². The van der Waals surface area contributed by atoms with Crippen molar-refractivity contribution < 1.29 is 13.9 Å². The van der Waals surface area contributed by atoms with Crippen LogP contribution in [0.1, 0.15) is 10.4 Å². The van der Waals surface area contributed by atoms with Gasteiger partial charge in [0.2, 0.25) is 0 Å². The van der Waals surface area contributed by atoms with Crippen molar-refractivity contribution in [2.45, 2.75) is 0 Å². The quantitative estimate of drug-likeness (QED) is 0.687. The van der Waals surface area contributed by atoms with E-state index in [1.165, 1.54) is 7.11 Å². The van der Waals surface area contributed by atoms with Crippen molar-refractivity contribution in [3.63, 3.8) is 0 Å². The molecule has 0 unspecified atom stereocenters. The minimum Gasteiger partial charge on any atom is -0.465 e. The highest BCUT2D eigenvalue weighted by molar-refractivity contribution is 5.90. The van der Waals surface area contributed by atoms with Gasteiger partial charge in [-0.2, -0.15) is 0 Å². The highest BCUT2D eigenvalue weighted by Crippen LogP contribution is 2.33. The van der Waals surface area contributed by atoms with Gasteiger partial charge in [0.05, 0.1) is 24.6 Å². The number of methoxy groups -OCH3 is 1. The van der Waals surface area contributed by atoms with Gasteiger partial charge < -0.3 is 13.7 Å². The normalized spacial score (nSPS) is 10.6. The first kappa shape index (κ1) is 13.2. The number of rotatable bonds is 3. The summed E-state index contributed by atoms with van der Waals surface area (Å²) < 4.78 is 12.2. The molecule has 2 heterocycles. The first-order valence-electron chi connectivity index (χ1n) is 6.58. The summed E-state index contributed by atoms with van der Waals surface area (Å²) in [6.45, 7) is 0. The standard InChI is InChI=1S/C17H15NO3/c1-18-10-9-14(16(18)15-4-3-11-21-15)12-5-7-13(8-6-12)17(19)20-2/h3-11H,1-2H3. The lowest BCUT2D eigenvalue weighted by Crippen LogP contribution is -2.00. The molecule has 3 aromatic rings. The molecular formula is C17H15NO3. The van der Waals surface area contributed by atoms with Gasteiger partial charge >= 0.3 is 5.97 Å². The molecule has 0 spiro atoms. The molecule has 0 N–H and O–H groups in total. The lowest BCUT2D eigenvalue weighted by molar-refractivity contribution is 0.0601. The van der Waals surface area contributed by atoms with Crippen molar-refractivity contribution in [1.29, 1.82) is 0 Å². The molecule has 0 amide bonds. The van der Waals surface area contributed by atoms with E-state index in [4.69, 9.17) is 9.15 Å². The minimum atomic E-state index is -0.333. The average Bonchev–Trinajstić information content (AvgIpc) is 3.15. The second-order valence-corrected chi connectivity index (χ2v) is 4.74. The summed E-state index contributed by atoms with van der Waals surface area (Å²) in [5.41, 5.74) is 3.63. The number of furan rings is 1. The van der Waals surface area contributed by atoms with E-state index >= 15 is 0 Å². The van der Waals surface area contributed by atoms with E-state index < -0.39 is 0 Å². The van der Waals surface area contributed by atoms with Crippen molar-refractivity contribution in [3.05, 3.63) is 60.5 Å². The third-order valence-corrected chi connectivity index (χ3v) is 3.44. The van der Waals surface area contributed by atoms with Gasteiger partial charge in [0.15, 0.2) is 5.76 Å². The number of benzene rings is 1. The maximum absolute atomic E-state index is 11.5.